The number of carbonyl (C=O) groups excluding carboxylic acids is 1. The molecule has 0 spiro atoms. The zero-order valence-electron chi connectivity index (χ0n) is 9.45. The number of aromatic hydroxyl groups is 1. The molecule has 3 nitrogen and oxygen atoms in total. The molecule has 2 aromatic rings. The van der Waals surface area contributed by atoms with E-state index in [1.54, 1.807) is 12.1 Å². The van der Waals surface area contributed by atoms with Crippen molar-refractivity contribution in [3.63, 3.8) is 0 Å². The Kier molecular flexibility index (Phi) is 4.41. The molecule has 0 bridgehead atoms. The van der Waals surface area contributed by atoms with Crippen LogP contribution < -0.4 is 5.32 Å². The highest BCUT2D eigenvalue weighted by molar-refractivity contribution is 14.1. The summed E-state index contributed by atoms with van der Waals surface area (Å²) in [6, 6.07) is 8.95. The van der Waals surface area contributed by atoms with E-state index in [1.165, 1.54) is 24.3 Å². The fourth-order valence-corrected chi connectivity index (χ4v) is 2.29. The number of benzene rings is 2. The van der Waals surface area contributed by atoms with Crippen molar-refractivity contribution in [3.8, 4) is 5.75 Å². The zero-order chi connectivity index (χ0) is 14.0. The second kappa shape index (κ2) is 5.87. The van der Waals surface area contributed by atoms with Crippen molar-refractivity contribution >= 4 is 50.1 Å². The first-order valence-electron chi connectivity index (χ1n) is 5.22. The molecular weight excluding hydrogens is 428 g/mol. The molecule has 98 valence electrons. The normalized spacial score (nSPS) is 10.3. The van der Waals surface area contributed by atoms with Crippen LogP contribution in [0.3, 0.4) is 0 Å². The Morgan fingerprint density at radius 2 is 2.00 bits per heavy atom. The maximum Gasteiger partial charge on any atom is 0.259 e. The number of carbonyl (C=O) groups is 1. The lowest BCUT2D eigenvalue weighted by Gasteiger charge is -2.08. The number of hydrogen-bond acceptors (Lipinski definition) is 2. The van der Waals surface area contributed by atoms with Crippen molar-refractivity contribution in [3.05, 3.63) is 55.8 Å². The van der Waals surface area contributed by atoms with E-state index in [0.717, 1.165) is 3.57 Å². The number of anilines is 1. The highest BCUT2D eigenvalue weighted by Crippen LogP contribution is 2.23. The van der Waals surface area contributed by atoms with E-state index < -0.39 is 11.7 Å². The molecule has 2 N–H and O–H groups in total. The molecule has 0 aliphatic heterocycles. The SMILES string of the molecule is O=C(Nc1ccc(Br)cc1F)c1cc(I)ccc1O. The lowest BCUT2D eigenvalue weighted by molar-refractivity contribution is 0.102. The first-order valence-corrected chi connectivity index (χ1v) is 7.09. The summed E-state index contributed by atoms with van der Waals surface area (Å²) in [4.78, 5) is 12.0. The van der Waals surface area contributed by atoms with Crippen molar-refractivity contribution in [2.45, 2.75) is 0 Å². The van der Waals surface area contributed by atoms with Crippen LogP contribution in [-0.4, -0.2) is 11.0 Å². The van der Waals surface area contributed by atoms with Crippen LogP contribution in [0, 0.1) is 9.39 Å². The van der Waals surface area contributed by atoms with E-state index in [2.05, 4.69) is 21.2 Å². The van der Waals surface area contributed by atoms with E-state index in [-0.39, 0.29) is 17.0 Å². The molecule has 0 unspecified atom stereocenters. The third kappa shape index (κ3) is 3.44. The average molecular weight is 436 g/mol. The van der Waals surface area contributed by atoms with Gasteiger partial charge in [0.1, 0.15) is 11.6 Å². The first-order chi connectivity index (χ1) is 8.97. The summed E-state index contributed by atoms with van der Waals surface area (Å²) in [5.41, 5.74) is 0.167. The number of amides is 1. The summed E-state index contributed by atoms with van der Waals surface area (Å²) in [5.74, 6) is -1.25. The molecule has 0 saturated heterocycles. The van der Waals surface area contributed by atoms with E-state index in [1.807, 2.05) is 22.6 Å². The molecule has 2 aromatic carbocycles. The lowest BCUT2D eigenvalue weighted by atomic mass is 10.2. The number of phenolic OH excluding ortho intramolecular Hbond substituents is 1. The van der Waals surface area contributed by atoms with Crippen LogP contribution in [-0.2, 0) is 0 Å². The molecule has 1 amide bonds. The van der Waals surface area contributed by atoms with Crippen molar-refractivity contribution in [1.29, 1.82) is 0 Å². The molecule has 0 heterocycles. The first kappa shape index (κ1) is 14.3. The Labute approximate surface area is 131 Å². The van der Waals surface area contributed by atoms with Gasteiger partial charge in [-0.25, -0.2) is 4.39 Å². The monoisotopic (exact) mass is 435 g/mol. The predicted octanol–water partition coefficient (Wildman–Crippen LogP) is 4.15. The third-order valence-corrected chi connectivity index (χ3v) is 3.55. The van der Waals surface area contributed by atoms with Gasteiger partial charge in [-0.1, -0.05) is 15.9 Å². The lowest BCUT2D eigenvalue weighted by Crippen LogP contribution is -2.13. The topological polar surface area (TPSA) is 49.3 Å². The van der Waals surface area contributed by atoms with Gasteiger partial charge in [0, 0.05) is 8.04 Å². The highest BCUT2D eigenvalue weighted by Gasteiger charge is 2.13. The van der Waals surface area contributed by atoms with Gasteiger partial charge in [-0.05, 0) is 59.0 Å². The summed E-state index contributed by atoms with van der Waals surface area (Å²) >= 11 is 5.16. The minimum Gasteiger partial charge on any atom is -0.507 e. The summed E-state index contributed by atoms with van der Waals surface area (Å²) in [7, 11) is 0. The van der Waals surface area contributed by atoms with Gasteiger partial charge in [-0.3, -0.25) is 4.79 Å². The Hall–Kier alpha value is -1.15. The molecule has 0 fully saturated rings. The predicted molar refractivity (Wildman–Crippen MR) is 82.9 cm³/mol. The van der Waals surface area contributed by atoms with Crippen LogP contribution in [0.1, 0.15) is 10.4 Å². The molecule has 19 heavy (non-hydrogen) atoms. The van der Waals surface area contributed by atoms with Gasteiger partial charge in [0.05, 0.1) is 11.3 Å². The Balaban J connectivity index is 2.28. The smallest absolute Gasteiger partial charge is 0.259 e. The molecule has 0 aliphatic rings. The minimum absolute atomic E-state index is 0.0615. The maximum absolute atomic E-state index is 13.6. The van der Waals surface area contributed by atoms with E-state index in [0.29, 0.717) is 4.47 Å². The van der Waals surface area contributed by atoms with Crippen LogP contribution >= 0.6 is 38.5 Å². The zero-order valence-corrected chi connectivity index (χ0v) is 13.2. The second-order valence-corrected chi connectivity index (χ2v) is 5.90. The van der Waals surface area contributed by atoms with Crippen LogP contribution in [0.5, 0.6) is 5.75 Å². The number of halogens is 3. The standard InChI is InChI=1S/C13H8BrFINO2/c14-7-1-3-11(10(15)5-7)17-13(19)9-6-8(16)2-4-12(9)18/h1-6,18H,(H,17,19). The van der Waals surface area contributed by atoms with E-state index in [9.17, 15) is 14.3 Å². The van der Waals surface area contributed by atoms with Gasteiger partial charge in [0.15, 0.2) is 0 Å². The van der Waals surface area contributed by atoms with Gasteiger partial charge in [-0.15, -0.1) is 0 Å². The summed E-state index contributed by atoms with van der Waals surface area (Å²) in [6.45, 7) is 0. The third-order valence-electron chi connectivity index (χ3n) is 2.38. The minimum atomic E-state index is -0.558. The van der Waals surface area contributed by atoms with Crippen LogP contribution in [0.15, 0.2) is 40.9 Å². The quantitative estimate of drug-likeness (QED) is 0.696. The fraction of sp³-hybridized carbons (Fsp3) is 0. The molecule has 0 radical (unpaired) electrons. The fourth-order valence-electron chi connectivity index (χ4n) is 1.47. The number of phenols is 1. The van der Waals surface area contributed by atoms with Gasteiger partial charge in [0.25, 0.3) is 5.91 Å². The average Bonchev–Trinajstić information content (AvgIpc) is 2.35. The van der Waals surface area contributed by atoms with Crippen LogP contribution in [0.2, 0.25) is 0 Å². The summed E-state index contributed by atoms with van der Waals surface area (Å²) in [5, 5.41) is 12.1. The second-order valence-electron chi connectivity index (χ2n) is 3.74. The Bertz CT molecular complexity index is 649. The summed E-state index contributed by atoms with van der Waals surface area (Å²) < 4.78 is 15.0. The van der Waals surface area contributed by atoms with Crippen molar-refractivity contribution in [1.82, 2.24) is 0 Å². The van der Waals surface area contributed by atoms with Gasteiger partial charge in [0.2, 0.25) is 0 Å². The van der Waals surface area contributed by atoms with E-state index >= 15 is 0 Å². The van der Waals surface area contributed by atoms with Gasteiger partial charge in [-0.2, -0.15) is 0 Å². The molecule has 2 rings (SSSR count). The van der Waals surface area contributed by atoms with Crippen molar-refractivity contribution in [2.75, 3.05) is 5.32 Å². The van der Waals surface area contributed by atoms with Gasteiger partial charge < -0.3 is 10.4 Å². The van der Waals surface area contributed by atoms with E-state index in [4.69, 9.17) is 0 Å². The van der Waals surface area contributed by atoms with Crippen molar-refractivity contribution < 1.29 is 14.3 Å². The maximum atomic E-state index is 13.6. The number of hydrogen-bond donors (Lipinski definition) is 2. The molecule has 0 saturated carbocycles. The number of rotatable bonds is 2. The molecular formula is C13H8BrFINO2. The van der Waals surface area contributed by atoms with Gasteiger partial charge >= 0.3 is 0 Å². The molecule has 6 heteroatoms. The Morgan fingerprint density at radius 1 is 1.26 bits per heavy atom. The largest absolute Gasteiger partial charge is 0.507 e. The molecule has 0 aliphatic carbocycles. The van der Waals surface area contributed by atoms with Crippen molar-refractivity contribution in [2.24, 2.45) is 0 Å². The molecule has 0 atom stereocenters. The number of nitrogens with one attached hydrogen (secondary N) is 1. The highest BCUT2D eigenvalue weighted by atomic mass is 127. The van der Waals surface area contributed by atoms with Crippen LogP contribution in [0.25, 0.3) is 0 Å². The Morgan fingerprint density at radius 3 is 2.68 bits per heavy atom. The molecule has 0 aromatic heterocycles. The summed E-state index contributed by atoms with van der Waals surface area (Å²) in [6.07, 6.45) is 0. The van der Waals surface area contributed by atoms with Crippen LogP contribution in [0.4, 0.5) is 10.1 Å².